The molecule has 6 nitrogen and oxygen atoms in total. The van der Waals surface area contributed by atoms with Gasteiger partial charge in [-0.05, 0) is 104 Å². The number of fused-ring (bicyclic) bond motifs is 1. The van der Waals surface area contributed by atoms with E-state index in [9.17, 15) is 9.90 Å². The molecule has 1 heterocycles. The molecule has 0 amide bonds. The van der Waals surface area contributed by atoms with Crippen LogP contribution >= 0.6 is 0 Å². The van der Waals surface area contributed by atoms with Crippen LogP contribution in [-0.4, -0.2) is 36.7 Å². The molecular weight excluding hydrogens is 376 g/mol. The fourth-order valence-corrected chi connectivity index (χ4v) is 9.50. The van der Waals surface area contributed by atoms with Crippen LogP contribution in [0.1, 0.15) is 66.2 Å². The Morgan fingerprint density at radius 1 is 1.20 bits per heavy atom. The van der Waals surface area contributed by atoms with E-state index in [1.54, 1.807) is 0 Å². The summed E-state index contributed by atoms with van der Waals surface area (Å²) in [4.78, 5) is 15.0. The van der Waals surface area contributed by atoms with Crippen LogP contribution in [0.4, 0.5) is 0 Å². The van der Waals surface area contributed by atoms with E-state index in [0.29, 0.717) is 24.2 Å². The van der Waals surface area contributed by atoms with Crippen LogP contribution in [0, 0.1) is 58.2 Å². The van der Waals surface area contributed by atoms with Crippen molar-refractivity contribution >= 4 is 5.78 Å². The highest BCUT2D eigenvalue weighted by Crippen LogP contribution is 2.99. The van der Waals surface area contributed by atoms with E-state index >= 15 is 0 Å². The number of aromatic nitrogens is 4. The molecule has 3 unspecified atom stereocenters. The zero-order valence-corrected chi connectivity index (χ0v) is 18.8. The lowest BCUT2D eigenvalue weighted by molar-refractivity contribution is -0.134. The van der Waals surface area contributed by atoms with Crippen molar-refractivity contribution in [2.24, 2.45) is 58.2 Å². The molecule has 30 heavy (non-hydrogen) atoms. The predicted octanol–water partition coefficient (Wildman–Crippen LogP) is 3.36. The lowest BCUT2D eigenvalue weighted by atomic mass is 9.50. The number of Topliss-reactive ketones (excluding diaryl/α,β-unsaturated/α-hetero) is 1. The Labute approximate surface area is 179 Å². The molecule has 0 spiro atoms. The summed E-state index contributed by atoms with van der Waals surface area (Å²) in [5, 5.41) is 22.1. The number of ketones is 1. The summed E-state index contributed by atoms with van der Waals surface area (Å²) in [6.45, 7) is 9.09. The second kappa shape index (κ2) is 5.93. The molecule has 0 saturated heterocycles. The summed E-state index contributed by atoms with van der Waals surface area (Å²) in [7, 11) is 0. The van der Waals surface area contributed by atoms with Gasteiger partial charge in [0.1, 0.15) is 6.54 Å². The monoisotopic (exact) mass is 412 g/mol. The Balaban J connectivity index is 1.24. The van der Waals surface area contributed by atoms with Crippen molar-refractivity contribution in [3.63, 3.8) is 0 Å². The number of hydrogen-bond donors (Lipinski definition) is 1. The van der Waals surface area contributed by atoms with E-state index in [-0.39, 0.29) is 10.8 Å². The number of carbonyl (C=O) groups excluding carboxylic acids is 1. The van der Waals surface area contributed by atoms with Crippen LogP contribution in [0.15, 0.2) is 6.33 Å². The largest absolute Gasteiger partial charge is 0.390 e. The molecule has 6 aliphatic rings. The van der Waals surface area contributed by atoms with Crippen LogP contribution in [0.2, 0.25) is 0 Å². The van der Waals surface area contributed by atoms with Gasteiger partial charge in [0.05, 0.1) is 5.60 Å². The van der Waals surface area contributed by atoms with E-state index in [1.807, 2.05) is 13.8 Å². The van der Waals surface area contributed by atoms with Crippen molar-refractivity contribution in [3.8, 4) is 0 Å². The molecule has 6 heteroatoms. The second-order valence-electron chi connectivity index (χ2n) is 12.3. The van der Waals surface area contributed by atoms with Crippen LogP contribution < -0.4 is 0 Å². The fourth-order valence-electron chi connectivity index (χ4n) is 9.50. The van der Waals surface area contributed by atoms with Gasteiger partial charge in [-0.1, -0.05) is 20.3 Å². The fraction of sp³-hybridized carbons (Fsp3) is 0.917. The third-order valence-corrected chi connectivity index (χ3v) is 10.6. The van der Waals surface area contributed by atoms with Crippen molar-refractivity contribution < 1.29 is 9.90 Å². The Kier molecular flexibility index (Phi) is 3.83. The van der Waals surface area contributed by atoms with Crippen LogP contribution in [-0.2, 0) is 11.3 Å². The molecule has 0 radical (unpaired) electrons. The van der Waals surface area contributed by atoms with Crippen LogP contribution in [0.25, 0.3) is 0 Å². The molecule has 10 atom stereocenters. The summed E-state index contributed by atoms with van der Waals surface area (Å²) in [6, 6.07) is 0. The van der Waals surface area contributed by atoms with Crippen molar-refractivity contribution in [2.45, 2.75) is 78.4 Å². The highest BCUT2D eigenvalue weighted by Gasteiger charge is 2.99. The van der Waals surface area contributed by atoms with Gasteiger partial charge in [0.15, 0.2) is 12.1 Å². The lowest BCUT2D eigenvalue weighted by Gasteiger charge is -2.54. The van der Waals surface area contributed by atoms with Gasteiger partial charge in [-0.3, -0.25) is 4.79 Å². The first kappa shape index (κ1) is 19.4. The summed E-state index contributed by atoms with van der Waals surface area (Å²) >= 11 is 0. The van der Waals surface area contributed by atoms with Crippen molar-refractivity contribution in [3.05, 3.63) is 6.33 Å². The van der Waals surface area contributed by atoms with E-state index < -0.39 is 5.60 Å². The molecule has 2 bridgehead atoms. The zero-order chi connectivity index (χ0) is 21.1. The van der Waals surface area contributed by atoms with Gasteiger partial charge in [-0.25, -0.2) is 0 Å². The predicted molar refractivity (Wildman–Crippen MR) is 111 cm³/mol. The lowest BCUT2D eigenvalue weighted by Crippen LogP contribution is -2.49. The number of aliphatic hydroxyl groups is 1. The molecule has 164 valence electrons. The van der Waals surface area contributed by atoms with Gasteiger partial charge in [0.2, 0.25) is 0 Å². The molecule has 6 aliphatic carbocycles. The molecule has 1 N–H and O–H groups in total. The Morgan fingerprint density at radius 2 is 1.97 bits per heavy atom. The smallest absolute Gasteiger partial charge is 0.163 e. The number of hydrogen-bond acceptors (Lipinski definition) is 5. The summed E-state index contributed by atoms with van der Waals surface area (Å²) < 4.78 is 0. The molecule has 6 fully saturated rings. The molecule has 1 aromatic rings. The van der Waals surface area contributed by atoms with Gasteiger partial charge in [0.25, 0.3) is 0 Å². The van der Waals surface area contributed by atoms with E-state index in [1.165, 1.54) is 36.8 Å². The minimum Gasteiger partial charge on any atom is -0.390 e. The maximum atomic E-state index is 13.5. The van der Waals surface area contributed by atoms with Gasteiger partial charge in [-0.15, -0.1) is 10.2 Å². The summed E-state index contributed by atoms with van der Waals surface area (Å²) in [6.07, 6.45) is 8.59. The average Bonchev–Trinajstić information content (AvgIpc) is 3.41. The maximum absolute atomic E-state index is 13.5. The molecular formula is C24H36N4O2. The molecule has 7 rings (SSSR count). The van der Waals surface area contributed by atoms with Crippen molar-refractivity contribution in [2.75, 3.05) is 0 Å². The third-order valence-electron chi connectivity index (χ3n) is 10.6. The van der Waals surface area contributed by atoms with Crippen molar-refractivity contribution in [1.82, 2.24) is 20.2 Å². The summed E-state index contributed by atoms with van der Waals surface area (Å²) in [5.41, 5.74) is -0.472. The normalized spacial score (nSPS) is 50.4. The highest BCUT2D eigenvalue weighted by molar-refractivity contribution is 5.93. The van der Waals surface area contributed by atoms with Gasteiger partial charge in [-0.2, -0.15) is 4.80 Å². The minimum absolute atomic E-state index is 0.0768. The van der Waals surface area contributed by atoms with E-state index in [2.05, 4.69) is 29.3 Å². The van der Waals surface area contributed by atoms with E-state index in [4.69, 9.17) is 0 Å². The third kappa shape index (κ3) is 2.29. The molecule has 1 aromatic heterocycles. The number of tetrazole rings is 1. The number of nitrogens with zero attached hydrogens (tertiary/aromatic N) is 4. The quantitative estimate of drug-likeness (QED) is 0.775. The van der Waals surface area contributed by atoms with Crippen LogP contribution in [0.5, 0.6) is 0 Å². The Bertz CT molecular complexity index is 851. The standard InChI is InChI=1S/C24H36N4O2/c1-13-5-6-16-15(14(13)7-9-22(2,3)30)8-10-23(4)19(16)18-20-21(18)24(20,23)17(29)11-28-26-12-25-27-28/h12-16,18-21,30H,5-11H2,1-4H3/t13-,14-,15+,16+,18?,19+,20+,21?,23-,24?/m0/s1. The van der Waals surface area contributed by atoms with Gasteiger partial charge < -0.3 is 5.11 Å². The first-order valence-corrected chi connectivity index (χ1v) is 12.2. The maximum Gasteiger partial charge on any atom is 0.163 e. The molecule has 0 aliphatic heterocycles. The topological polar surface area (TPSA) is 80.9 Å². The Morgan fingerprint density at radius 3 is 2.63 bits per heavy atom. The molecule has 6 saturated carbocycles. The van der Waals surface area contributed by atoms with Crippen LogP contribution in [0.3, 0.4) is 0 Å². The van der Waals surface area contributed by atoms with E-state index in [0.717, 1.165) is 48.3 Å². The van der Waals surface area contributed by atoms with Gasteiger partial charge >= 0.3 is 0 Å². The SMILES string of the molecule is C[C@H]1CC[C@@H]2[C@H](CC[C@@]3(C)[C@H]2C2C4[C@@H]2C43C(=O)Cn2ncnn2)[C@H]1CCC(C)(C)O. The molecule has 0 aromatic carbocycles. The zero-order valence-electron chi connectivity index (χ0n) is 18.8. The highest BCUT2D eigenvalue weighted by atomic mass is 16.3. The number of carbonyl (C=O) groups is 1. The first-order chi connectivity index (χ1) is 14.2. The van der Waals surface area contributed by atoms with Gasteiger partial charge in [0, 0.05) is 5.41 Å². The number of rotatable bonds is 6. The van der Waals surface area contributed by atoms with Crippen molar-refractivity contribution in [1.29, 1.82) is 0 Å². The minimum atomic E-state index is -0.569. The second-order valence-corrected chi connectivity index (χ2v) is 12.3. The first-order valence-electron chi connectivity index (χ1n) is 12.2. The Hall–Kier alpha value is -1.30. The average molecular weight is 413 g/mol. The summed E-state index contributed by atoms with van der Waals surface area (Å²) in [5.74, 6) is 6.28.